The van der Waals surface area contributed by atoms with Crippen molar-refractivity contribution in [2.75, 3.05) is 24.9 Å². The van der Waals surface area contributed by atoms with Crippen LogP contribution >= 0.6 is 26.0 Å². The normalized spacial score (nSPS) is 26.7. The number of aromatic nitrogens is 6. The van der Waals surface area contributed by atoms with Gasteiger partial charge in [-0.2, -0.15) is 0 Å². The molecule has 276 valence electrons. The summed E-state index contributed by atoms with van der Waals surface area (Å²) in [4.78, 5) is 68.3. The minimum absolute atomic E-state index is 0.0808. The summed E-state index contributed by atoms with van der Waals surface area (Å²) in [6.07, 6.45) is -10.7. The number of alkyl halides is 2. The number of nitrogens with zero attached hydrogens (tertiary/aromatic N) is 5. The third-order valence-corrected chi connectivity index (χ3v) is 10.9. The number of carbonyl (C=O) groups is 1. The van der Waals surface area contributed by atoms with Gasteiger partial charge in [0, 0.05) is 30.1 Å². The number of phosphoric ester groups is 1. The first-order valence-corrected chi connectivity index (χ1v) is 19.1. The van der Waals surface area contributed by atoms with Crippen molar-refractivity contribution < 1.29 is 65.0 Å². The van der Waals surface area contributed by atoms with E-state index in [2.05, 4.69) is 19.5 Å². The molecule has 5 heterocycles. The zero-order chi connectivity index (χ0) is 36.4. The molecule has 2 saturated heterocycles. The number of hydrogen-bond donors (Lipinski definition) is 4. The highest BCUT2D eigenvalue weighted by Gasteiger charge is 2.52. The van der Waals surface area contributed by atoms with Gasteiger partial charge in [-0.15, -0.1) is 0 Å². The van der Waals surface area contributed by atoms with Gasteiger partial charge in [0.05, 0.1) is 25.6 Å². The van der Waals surface area contributed by atoms with Crippen molar-refractivity contribution in [3.8, 4) is 0 Å². The predicted molar refractivity (Wildman–Crippen MR) is 165 cm³/mol. The topological polar surface area (TPSA) is 281 Å². The van der Waals surface area contributed by atoms with E-state index in [0.29, 0.717) is 4.57 Å². The molecule has 5 rings (SSSR count). The SMILES string of the molecule is CC(C)OC(=O)OCSP(=O)(OC[C@H]1O[C@@H](n2cnc3c(N)ncnc32)C[C@@H]1F)O[C@H]1[C@@H](F)[C@H](n2ccc(=O)[nH]c2=O)O[C@@H]1COP(=O)(O)O. The summed E-state index contributed by atoms with van der Waals surface area (Å²) in [6, 6.07) is 0.876. The predicted octanol–water partition coefficient (Wildman–Crippen LogP) is 1.69. The number of fused-ring (bicyclic) bond motifs is 1. The van der Waals surface area contributed by atoms with E-state index in [1.54, 1.807) is 0 Å². The average molecular weight is 774 g/mol. The summed E-state index contributed by atoms with van der Waals surface area (Å²) in [7, 11) is -5.17. The van der Waals surface area contributed by atoms with E-state index in [4.69, 9.17) is 33.7 Å². The van der Waals surface area contributed by atoms with E-state index < -0.39 is 100 Å². The number of carbonyl (C=O) groups excluding carboxylic acids is 1. The van der Waals surface area contributed by atoms with Gasteiger partial charge in [0.25, 0.3) is 5.56 Å². The molecule has 3 aromatic rings. The second kappa shape index (κ2) is 15.5. The smallest absolute Gasteiger partial charge is 0.432 e. The monoisotopic (exact) mass is 773 g/mol. The van der Waals surface area contributed by atoms with E-state index >= 15 is 8.78 Å². The average Bonchev–Trinajstić information content (AvgIpc) is 3.70. The summed E-state index contributed by atoms with van der Waals surface area (Å²) in [5, 5.41) is 0. The van der Waals surface area contributed by atoms with E-state index in [0.717, 1.165) is 12.3 Å². The van der Waals surface area contributed by atoms with Crippen molar-refractivity contribution in [3.63, 3.8) is 0 Å². The molecule has 26 heteroatoms. The highest BCUT2D eigenvalue weighted by Crippen LogP contribution is 2.63. The number of nitrogen functional groups attached to an aromatic ring is 1. The van der Waals surface area contributed by atoms with Gasteiger partial charge >= 0.3 is 26.5 Å². The number of ether oxygens (including phenoxy) is 4. The molecule has 3 aromatic heterocycles. The van der Waals surface area contributed by atoms with E-state index in [1.807, 2.05) is 4.98 Å². The first kappa shape index (κ1) is 37.9. The van der Waals surface area contributed by atoms with Crippen molar-refractivity contribution in [3.05, 3.63) is 45.8 Å². The number of aromatic amines is 1. The van der Waals surface area contributed by atoms with Crippen molar-refractivity contribution >= 4 is 49.1 Å². The van der Waals surface area contributed by atoms with Gasteiger partial charge in [0.1, 0.15) is 42.6 Å². The van der Waals surface area contributed by atoms with Crippen LogP contribution in [0.1, 0.15) is 32.7 Å². The maximum Gasteiger partial charge on any atom is 0.509 e. The zero-order valence-electron chi connectivity index (χ0n) is 25.9. The summed E-state index contributed by atoms with van der Waals surface area (Å²) in [5.41, 5.74) is 4.38. The highest BCUT2D eigenvalue weighted by molar-refractivity contribution is 8.55. The summed E-state index contributed by atoms with van der Waals surface area (Å²) in [5.74, 6) is -0.674. The minimum Gasteiger partial charge on any atom is -0.432 e. The molecular weight excluding hydrogens is 742 g/mol. The third-order valence-electron chi connectivity index (χ3n) is 7.03. The number of H-pyrrole nitrogens is 1. The fourth-order valence-electron chi connectivity index (χ4n) is 4.84. The lowest BCUT2D eigenvalue weighted by molar-refractivity contribution is -0.0486. The largest absolute Gasteiger partial charge is 0.509 e. The highest BCUT2D eigenvalue weighted by atomic mass is 32.7. The van der Waals surface area contributed by atoms with Crippen molar-refractivity contribution in [1.82, 2.24) is 29.1 Å². The van der Waals surface area contributed by atoms with Gasteiger partial charge in [-0.3, -0.25) is 32.5 Å². The maximum atomic E-state index is 16.0. The summed E-state index contributed by atoms with van der Waals surface area (Å²) < 4.78 is 95.4. The van der Waals surface area contributed by atoms with Gasteiger partial charge in [-0.25, -0.2) is 42.5 Å². The molecule has 5 N–H and O–H groups in total. The van der Waals surface area contributed by atoms with Crippen LogP contribution < -0.4 is 17.0 Å². The van der Waals surface area contributed by atoms with Crippen LogP contribution in [0.3, 0.4) is 0 Å². The number of anilines is 1. The lowest BCUT2D eigenvalue weighted by Gasteiger charge is -2.26. The lowest BCUT2D eigenvalue weighted by Crippen LogP contribution is -2.36. The molecule has 50 heavy (non-hydrogen) atoms. The van der Waals surface area contributed by atoms with Crippen molar-refractivity contribution in [2.45, 2.75) is 69.5 Å². The van der Waals surface area contributed by atoms with E-state index in [1.165, 1.54) is 31.1 Å². The first-order valence-electron chi connectivity index (χ1n) is 14.5. The van der Waals surface area contributed by atoms with E-state index in [-0.39, 0.29) is 34.8 Å². The van der Waals surface area contributed by atoms with Gasteiger partial charge in [0.2, 0.25) is 0 Å². The molecule has 0 amide bonds. The molecule has 2 aliphatic heterocycles. The van der Waals surface area contributed by atoms with Gasteiger partial charge in [-0.05, 0) is 13.8 Å². The number of hydrogen-bond acceptors (Lipinski definition) is 17. The van der Waals surface area contributed by atoms with Crippen molar-refractivity contribution in [2.24, 2.45) is 0 Å². The second-order valence-electron chi connectivity index (χ2n) is 10.9. The number of rotatable bonds is 14. The van der Waals surface area contributed by atoms with Crippen LogP contribution in [0, 0.1) is 0 Å². The number of imidazole rings is 1. The Labute approximate surface area is 283 Å². The first-order chi connectivity index (χ1) is 23.5. The Hall–Kier alpha value is -3.31. The quantitative estimate of drug-likeness (QED) is 0.103. The van der Waals surface area contributed by atoms with Gasteiger partial charge < -0.3 is 34.5 Å². The minimum atomic E-state index is -5.17. The molecule has 21 nitrogen and oxygen atoms in total. The summed E-state index contributed by atoms with van der Waals surface area (Å²) >= 11 is 0.214. The molecule has 2 fully saturated rings. The van der Waals surface area contributed by atoms with Crippen LogP contribution in [0.2, 0.25) is 0 Å². The van der Waals surface area contributed by atoms with Crippen LogP contribution in [0.15, 0.2) is 34.5 Å². The fraction of sp³-hybridized carbons (Fsp3) is 0.583. The van der Waals surface area contributed by atoms with Crippen LogP contribution in [0.4, 0.5) is 19.4 Å². The Balaban J connectivity index is 1.36. The number of nitrogens with two attached hydrogens (primary N) is 1. The molecule has 1 unspecified atom stereocenters. The Morgan fingerprint density at radius 1 is 1.14 bits per heavy atom. The maximum absolute atomic E-state index is 16.0. The molecule has 0 saturated carbocycles. The van der Waals surface area contributed by atoms with Crippen LogP contribution in [0.25, 0.3) is 11.2 Å². The molecule has 2 aliphatic rings. The van der Waals surface area contributed by atoms with Crippen LogP contribution in [0.5, 0.6) is 0 Å². The van der Waals surface area contributed by atoms with Crippen molar-refractivity contribution in [1.29, 1.82) is 0 Å². The number of nitrogens with one attached hydrogen (secondary N) is 1. The van der Waals surface area contributed by atoms with Crippen LogP contribution in [-0.4, -0.2) is 101 Å². The molecule has 0 aliphatic carbocycles. The molecule has 0 radical (unpaired) electrons. The Kier molecular flexibility index (Phi) is 11.8. The number of halogens is 2. The fourth-order valence-corrected chi connectivity index (χ4v) is 7.97. The summed E-state index contributed by atoms with van der Waals surface area (Å²) in [6.45, 7) is -3.51. The van der Waals surface area contributed by atoms with Gasteiger partial charge in [0.15, 0.2) is 29.8 Å². The van der Waals surface area contributed by atoms with E-state index in [9.17, 15) is 33.3 Å². The molecule has 0 spiro atoms. The Morgan fingerprint density at radius 3 is 2.58 bits per heavy atom. The second-order valence-corrected chi connectivity index (χ2v) is 16.1. The Bertz CT molecular complexity index is 1890. The molecule has 0 bridgehead atoms. The molecule has 8 atom stereocenters. The number of phosphoric acid groups is 1. The van der Waals surface area contributed by atoms with Gasteiger partial charge in [-0.1, -0.05) is 0 Å². The molecule has 0 aromatic carbocycles. The zero-order valence-corrected chi connectivity index (χ0v) is 28.5. The molecular formula is C24H31F2N7O14P2S. The standard InChI is InChI=1S/C24H31F2N7O14P2S/c1-11(2)44-24(36)41-10-50-49(40,43-6-13-12(25)5-16(45-13)33-9-30-18-20(27)28-8-29-21(18)33)47-19-14(7-42-48(37,38)39)46-22(17(19)26)32-4-3-15(34)31-23(32)35/h3-4,8-9,11-14,16-17,19,22H,5-7,10H2,1-2H3,(H2,27,28,29)(H,31,34,35)(H2,37,38,39)/t12-,13+,14+,16+,17+,19+,22+,49?/m0/s1. The Morgan fingerprint density at radius 2 is 1.88 bits per heavy atom. The van der Waals surface area contributed by atoms with Crippen LogP contribution in [-0.2, 0) is 41.6 Å². The lowest BCUT2D eigenvalue weighted by atomic mass is 10.1. The third kappa shape index (κ3) is 9.12.